The van der Waals surface area contributed by atoms with Crippen LogP contribution in [0, 0.1) is 0 Å². The summed E-state index contributed by atoms with van der Waals surface area (Å²) in [5.41, 5.74) is 1.41. The van der Waals surface area contributed by atoms with E-state index in [0.717, 1.165) is 17.3 Å². The molecular weight excluding hydrogens is 394 g/mol. The number of imide groups is 1. The van der Waals surface area contributed by atoms with Gasteiger partial charge in [0.25, 0.3) is 11.1 Å². The van der Waals surface area contributed by atoms with E-state index in [0.29, 0.717) is 34.8 Å². The van der Waals surface area contributed by atoms with E-state index in [4.69, 9.17) is 9.47 Å². The van der Waals surface area contributed by atoms with Crippen molar-refractivity contribution in [1.82, 2.24) is 4.90 Å². The third-order valence-corrected chi connectivity index (χ3v) is 5.34. The molecule has 29 heavy (non-hydrogen) atoms. The summed E-state index contributed by atoms with van der Waals surface area (Å²) in [7, 11) is 2.77. The highest BCUT2D eigenvalue weighted by atomic mass is 32.2. The molecule has 0 N–H and O–H groups in total. The van der Waals surface area contributed by atoms with Crippen molar-refractivity contribution in [1.29, 1.82) is 0 Å². The van der Waals surface area contributed by atoms with E-state index >= 15 is 0 Å². The first-order valence-electron chi connectivity index (χ1n) is 9.14. The molecule has 0 aromatic heterocycles. The summed E-state index contributed by atoms with van der Waals surface area (Å²) in [5.74, 6) is -0.00711. The van der Waals surface area contributed by atoms with Gasteiger partial charge in [-0.15, -0.1) is 6.58 Å². The van der Waals surface area contributed by atoms with E-state index in [9.17, 15) is 14.4 Å². The Hall–Kier alpha value is -2.74. The number of ether oxygens (including phenoxy) is 3. The smallest absolute Gasteiger partial charge is 0.343 e. The highest BCUT2D eigenvalue weighted by Gasteiger charge is 2.37. The quantitative estimate of drug-likeness (QED) is 0.342. The summed E-state index contributed by atoms with van der Waals surface area (Å²) in [6.07, 6.45) is 4.50. The van der Waals surface area contributed by atoms with Crippen LogP contribution in [0.1, 0.15) is 31.4 Å². The lowest BCUT2D eigenvalue weighted by Gasteiger charge is -2.19. The Bertz CT molecular complexity index is 848. The van der Waals surface area contributed by atoms with Crippen LogP contribution in [-0.2, 0) is 20.7 Å². The Kier molecular flexibility index (Phi) is 7.90. The lowest BCUT2D eigenvalue weighted by molar-refractivity contribution is -0.143. The number of hydrogen-bond acceptors (Lipinski definition) is 7. The van der Waals surface area contributed by atoms with Crippen molar-refractivity contribution >= 4 is 35.0 Å². The summed E-state index contributed by atoms with van der Waals surface area (Å²) >= 11 is 0.919. The van der Waals surface area contributed by atoms with Gasteiger partial charge in [-0.2, -0.15) is 0 Å². The molecule has 0 radical (unpaired) electrons. The summed E-state index contributed by atoms with van der Waals surface area (Å²) in [6, 6.07) is 3.35. The Morgan fingerprint density at radius 3 is 2.62 bits per heavy atom. The van der Waals surface area contributed by atoms with Gasteiger partial charge in [-0.1, -0.05) is 13.0 Å². The summed E-state index contributed by atoms with van der Waals surface area (Å²) in [4.78, 5) is 38.0. The monoisotopic (exact) mass is 419 g/mol. The highest BCUT2D eigenvalue weighted by Crippen LogP contribution is 2.37. The fraction of sp³-hybridized carbons (Fsp3) is 0.381. The lowest BCUT2D eigenvalue weighted by Crippen LogP contribution is -2.36. The van der Waals surface area contributed by atoms with Crippen molar-refractivity contribution in [3.05, 3.63) is 40.8 Å². The lowest BCUT2D eigenvalue weighted by atomic mass is 10.0. The van der Waals surface area contributed by atoms with Crippen molar-refractivity contribution in [3.63, 3.8) is 0 Å². The molecule has 8 heteroatoms. The molecule has 156 valence electrons. The molecule has 7 nitrogen and oxygen atoms in total. The average Bonchev–Trinajstić information content (AvgIpc) is 2.99. The fourth-order valence-electron chi connectivity index (χ4n) is 2.77. The number of nitrogens with zero attached hydrogens (tertiary/aromatic N) is 1. The van der Waals surface area contributed by atoms with Crippen LogP contribution in [-0.4, -0.2) is 48.9 Å². The molecule has 1 aliphatic heterocycles. The minimum absolute atomic E-state index is 0.159. The maximum Gasteiger partial charge on any atom is 0.343 e. The first-order chi connectivity index (χ1) is 13.9. The number of methoxy groups -OCH3 is 2. The maximum atomic E-state index is 12.7. The predicted octanol–water partition coefficient (Wildman–Crippen LogP) is 3.81. The van der Waals surface area contributed by atoms with Gasteiger partial charge in [0.2, 0.25) is 0 Å². The van der Waals surface area contributed by atoms with Crippen LogP contribution in [0.5, 0.6) is 11.5 Å². The summed E-state index contributed by atoms with van der Waals surface area (Å²) in [5, 5.41) is -0.271. The van der Waals surface area contributed by atoms with Crippen LogP contribution >= 0.6 is 11.8 Å². The van der Waals surface area contributed by atoms with Gasteiger partial charge in [0.1, 0.15) is 0 Å². The number of esters is 1. The molecule has 2 rings (SSSR count). The number of hydrogen-bond donors (Lipinski definition) is 0. The van der Waals surface area contributed by atoms with E-state index in [1.807, 2.05) is 19.9 Å². The van der Waals surface area contributed by atoms with Gasteiger partial charge in [0, 0.05) is 11.6 Å². The van der Waals surface area contributed by atoms with E-state index < -0.39 is 5.97 Å². The topological polar surface area (TPSA) is 82.1 Å². The van der Waals surface area contributed by atoms with E-state index in [-0.39, 0.29) is 23.8 Å². The molecule has 1 aliphatic rings. The van der Waals surface area contributed by atoms with Crippen LogP contribution in [0.25, 0.3) is 6.08 Å². The molecule has 1 saturated heterocycles. The molecule has 0 unspecified atom stereocenters. The number of carbonyl (C=O) groups is 3. The zero-order valence-electron chi connectivity index (χ0n) is 17.0. The number of rotatable bonds is 9. The highest BCUT2D eigenvalue weighted by molar-refractivity contribution is 8.18. The number of allylic oxidation sites excluding steroid dienone is 1. The Morgan fingerprint density at radius 1 is 1.31 bits per heavy atom. The second-order valence-electron chi connectivity index (χ2n) is 6.38. The van der Waals surface area contributed by atoms with Gasteiger partial charge in [-0.25, -0.2) is 4.79 Å². The predicted molar refractivity (Wildman–Crippen MR) is 112 cm³/mol. The van der Waals surface area contributed by atoms with E-state index in [1.54, 1.807) is 18.2 Å². The van der Waals surface area contributed by atoms with E-state index in [2.05, 4.69) is 11.3 Å². The second kappa shape index (κ2) is 10.2. The molecular formula is C21H25NO6S. The van der Waals surface area contributed by atoms with Gasteiger partial charge >= 0.3 is 5.97 Å². The number of amides is 2. The largest absolute Gasteiger partial charge is 0.493 e. The number of carbonyl (C=O) groups excluding carboxylic acids is 3. The Morgan fingerprint density at radius 2 is 2.03 bits per heavy atom. The minimum atomic E-state index is -0.514. The van der Waals surface area contributed by atoms with E-state index in [1.165, 1.54) is 19.1 Å². The first kappa shape index (κ1) is 22.5. The zero-order valence-corrected chi connectivity index (χ0v) is 17.8. The molecule has 0 saturated carbocycles. The van der Waals surface area contributed by atoms with Crippen molar-refractivity contribution < 1.29 is 28.6 Å². The summed E-state index contributed by atoms with van der Waals surface area (Å²) < 4.78 is 15.6. The molecule has 0 aliphatic carbocycles. The molecule has 1 fully saturated rings. The standard InChI is InChI=1S/C21H25NO6S/c1-6-8-15-9-14(10-16(26-4)19(15)28-12-18(23)27-5)11-17-20(24)22(13(3)7-2)21(25)29-17/h6,9-11,13H,1,7-8,12H2,2-5H3/b17-11-/t13-/m0/s1. The van der Waals surface area contributed by atoms with Crippen LogP contribution in [0.2, 0.25) is 0 Å². The molecule has 0 spiro atoms. The van der Waals surface area contributed by atoms with Gasteiger partial charge in [0.15, 0.2) is 18.1 Å². The van der Waals surface area contributed by atoms with Gasteiger partial charge in [0.05, 0.1) is 19.1 Å². The molecule has 1 heterocycles. The van der Waals surface area contributed by atoms with Crippen molar-refractivity contribution in [2.24, 2.45) is 0 Å². The van der Waals surface area contributed by atoms with Crippen molar-refractivity contribution in [3.8, 4) is 11.5 Å². The normalized spacial score (nSPS) is 16.1. The SMILES string of the molecule is C=CCc1cc(/C=C2\SC(=O)N([C@@H](C)CC)C2=O)cc(OC)c1OCC(=O)OC. The Balaban J connectivity index is 2.41. The maximum absolute atomic E-state index is 12.7. The second-order valence-corrected chi connectivity index (χ2v) is 7.37. The van der Waals surface area contributed by atoms with Crippen LogP contribution in [0.15, 0.2) is 29.7 Å². The number of thioether (sulfide) groups is 1. The molecule has 2 amide bonds. The van der Waals surface area contributed by atoms with Gasteiger partial charge in [-0.05, 0) is 55.3 Å². The van der Waals surface area contributed by atoms with Gasteiger partial charge < -0.3 is 14.2 Å². The van der Waals surface area contributed by atoms with Crippen LogP contribution in [0.3, 0.4) is 0 Å². The molecule has 0 bridgehead atoms. The molecule has 1 aromatic rings. The van der Waals surface area contributed by atoms with Crippen LogP contribution in [0.4, 0.5) is 4.79 Å². The third kappa shape index (κ3) is 5.20. The Labute approximate surface area is 174 Å². The van der Waals surface area contributed by atoms with Crippen molar-refractivity contribution in [2.45, 2.75) is 32.7 Å². The first-order valence-corrected chi connectivity index (χ1v) is 9.96. The number of benzene rings is 1. The van der Waals surface area contributed by atoms with Crippen LogP contribution < -0.4 is 9.47 Å². The fourth-order valence-corrected chi connectivity index (χ4v) is 3.70. The minimum Gasteiger partial charge on any atom is -0.493 e. The van der Waals surface area contributed by atoms with Crippen molar-refractivity contribution in [2.75, 3.05) is 20.8 Å². The summed E-state index contributed by atoms with van der Waals surface area (Å²) in [6.45, 7) is 7.26. The molecule has 1 aromatic carbocycles. The molecule has 1 atom stereocenters. The average molecular weight is 419 g/mol. The van der Waals surface area contributed by atoms with Gasteiger partial charge in [-0.3, -0.25) is 14.5 Å². The zero-order chi connectivity index (χ0) is 21.6. The third-order valence-electron chi connectivity index (χ3n) is 4.45.